The summed E-state index contributed by atoms with van der Waals surface area (Å²) in [5, 5.41) is 4.05. The molecule has 0 aliphatic carbocycles. The quantitative estimate of drug-likeness (QED) is 0.722. The van der Waals surface area contributed by atoms with E-state index in [1.165, 1.54) is 12.1 Å². The maximum atomic E-state index is 13.3. The van der Waals surface area contributed by atoms with Gasteiger partial charge in [-0.3, -0.25) is 4.79 Å². The van der Waals surface area contributed by atoms with Crippen molar-refractivity contribution in [2.75, 3.05) is 13.1 Å². The lowest BCUT2D eigenvalue weighted by Crippen LogP contribution is -2.29. The number of carbonyl (C=O) groups is 1. The molecular formula is C20H18FN3O2. The summed E-state index contributed by atoms with van der Waals surface area (Å²) in [6.07, 6.45) is 0.981. The summed E-state index contributed by atoms with van der Waals surface area (Å²) in [7, 11) is 0. The number of hydrogen-bond acceptors (Lipinski definition) is 4. The average Bonchev–Trinajstić information content (AvgIpc) is 3.32. The van der Waals surface area contributed by atoms with Gasteiger partial charge < -0.3 is 9.42 Å². The monoisotopic (exact) mass is 351 g/mol. The first kappa shape index (κ1) is 16.4. The molecule has 1 atom stereocenters. The van der Waals surface area contributed by atoms with Crippen molar-refractivity contribution in [1.82, 2.24) is 15.0 Å². The average molecular weight is 351 g/mol. The SMILES string of the molecule is O=C(Cc1cccc(F)c1)N1CC[C@H](c2nc(-c3ccccc3)no2)C1. The number of nitrogens with zero attached hydrogens (tertiary/aromatic N) is 3. The fourth-order valence-corrected chi connectivity index (χ4v) is 3.23. The highest BCUT2D eigenvalue weighted by Crippen LogP contribution is 2.28. The predicted octanol–water partition coefficient (Wildman–Crippen LogP) is 3.43. The van der Waals surface area contributed by atoms with Gasteiger partial charge in [-0.15, -0.1) is 0 Å². The molecule has 2 aromatic carbocycles. The first-order valence-electron chi connectivity index (χ1n) is 8.60. The first-order chi connectivity index (χ1) is 12.7. The number of halogens is 1. The summed E-state index contributed by atoms with van der Waals surface area (Å²) < 4.78 is 18.7. The largest absolute Gasteiger partial charge is 0.342 e. The summed E-state index contributed by atoms with van der Waals surface area (Å²) >= 11 is 0. The Bertz CT molecular complexity index is 910. The summed E-state index contributed by atoms with van der Waals surface area (Å²) in [5.41, 5.74) is 1.59. The topological polar surface area (TPSA) is 59.2 Å². The predicted molar refractivity (Wildman–Crippen MR) is 93.8 cm³/mol. The van der Waals surface area contributed by atoms with E-state index in [0.29, 0.717) is 30.4 Å². The number of rotatable bonds is 4. The summed E-state index contributed by atoms with van der Waals surface area (Å²) in [4.78, 5) is 18.7. The minimum atomic E-state index is -0.325. The third-order valence-corrected chi connectivity index (χ3v) is 4.61. The normalized spacial score (nSPS) is 16.8. The summed E-state index contributed by atoms with van der Waals surface area (Å²) in [5.74, 6) is 0.821. The van der Waals surface area contributed by atoms with Crippen LogP contribution in [0.15, 0.2) is 59.1 Å². The van der Waals surface area contributed by atoms with Crippen molar-refractivity contribution in [2.24, 2.45) is 0 Å². The Labute approximate surface area is 150 Å². The number of amides is 1. The molecule has 0 bridgehead atoms. The molecule has 132 valence electrons. The minimum absolute atomic E-state index is 0.0131. The number of benzene rings is 2. The van der Waals surface area contributed by atoms with Crippen LogP contribution in [0.4, 0.5) is 4.39 Å². The van der Waals surface area contributed by atoms with Crippen LogP contribution in [-0.2, 0) is 11.2 Å². The van der Waals surface area contributed by atoms with E-state index in [2.05, 4.69) is 10.1 Å². The van der Waals surface area contributed by atoms with Gasteiger partial charge in [0, 0.05) is 18.7 Å². The van der Waals surface area contributed by atoms with Crippen LogP contribution in [0.1, 0.15) is 23.8 Å². The molecule has 0 saturated carbocycles. The first-order valence-corrected chi connectivity index (χ1v) is 8.60. The molecule has 1 saturated heterocycles. The van der Waals surface area contributed by atoms with Gasteiger partial charge in [-0.25, -0.2) is 4.39 Å². The Hall–Kier alpha value is -3.02. The second-order valence-electron chi connectivity index (χ2n) is 6.45. The van der Waals surface area contributed by atoms with Crippen molar-refractivity contribution < 1.29 is 13.7 Å². The maximum absolute atomic E-state index is 13.3. The molecule has 2 heterocycles. The lowest BCUT2D eigenvalue weighted by atomic mass is 10.1. The Morgan fingerprint density at radius 3 is 2.85 bits per heavy atom. The van der Waals surface area contributed by atoms with Crippen LogP contribution in [-0.4, -0.2) is 34.0 Å². The number of likely N-dealkylation sites (tertiary alicyclic amines) is 1. The van der Waals surface area contributed by atoms with Gasteiger partial charge in [0.15, 0.2) is 0 Å². The van der Waals surface area contributed by atoms with Crippen LogP contribution in [0.2, 0.25) is 0 Å². The molecule has 4 rings (SSSR count). The fraction of sp³-hybridized carbons (Fsp3) is 0.250. The van der Waals surface area contributed by atoms with Crippen LogP contribution in [0.25, 0.3) is 11.4 Å². The molecule has 5 nitrogen and oxygen atoms in total. The Kier molecular flexibility index (Phi) is 4.48. The van der Waals surface area contributed by atoms with Gasteiger partial charge >= 0.3 is 0 Å². The van der Waals surface area contributed by atoms with Crippen LogP contribution in [0.3, 0.4) is 0 Å². The molecule has 1 amide bonds. The molecule has 3 aromatic rings. The zero-order valence-electron chi connectivity index (χ0n) is 14.1. The second-order valence-corrected chi connectivity index (χ2v) is 6.45. The van der Waals surface area contributed by atoms with Crippen molar-refractivity contribution in [3.8, 4) is 11.4 Å². The Morgan fingerprint density at radius 1 is 1.19 bits per heavy atom. The van der Waals surface area contributed by atoms with E-state index in [1.54, 1.807) is 17.0 Å². The highest BCUT2D eigenvalue weighted by molar-refractivity contribution is 5.79. The van der Waals surface area contributed by atoms with Gasteiger partial charge in [-0.1, -0.05) is 47.6 Å². The van der Waals surface area contributed by atoms with Gasteiger partial charge in [0.05, 0.1) is 12.3 Å². The molecule has 26 heavy (non-hydrogen) atoms. The molecule has 1 aromatic heterocycles. The van der Waals surface area contributed by atoms with Crippen molar-refractivity contribution in [3.05, 3.63) is 71.9 Å². The highest BCUT2D eigenvalue weighted by atomic mass is 19.1. The van der Waals surface area contributed by atoms with Crippen LogP contribution >= 0.6 is 0 Å². The molecule has 1 fully saturated rings. The Morgan fingerprint density at radius 2 is 2.04 bits per heavy atom. The standard InChI is InChI=1S/C20H18FN3O2/c21-17-8-4-5-14(11-17)12-18(25)24-10-9-16(13-24)20-22-19(23-26-20)15-6-2-1-3-7-15/h1-8,11,16H,9-10,12-13H2/t16-/m0/s1. The summed E-state index contributed by atoms with van der Waals surface area (Å²) in [6, 6.07) is 15.8. The van der Waals surface area contributed by atoms with Gasteiger partial charge in [0.25, 0.3) is 0 Å². The van der Waals surface area contributed by atoms with Crippen LogP contribution in [0, 0.1) is 5.82 Å². The zero-order valence-corrected chi connectivity index (χ0v) is 14.1. The smallest absolute Gasteiger partial charge is 0.231 e. The molecular weight excluding hydrogens is 333 g/mol. The lowest BCUT2D eigenvalue weighted by Gasteiger charge is -2.15. The third-order valence-electron chi connectivity index (χ3n) is 4.61. The molecule has 1 aliphatic heterocycles. The third kappa shape index (κ3) is 3.49. The van der Waals surface area contributed by atoms with E-state index in [9.17, 15) is 9.18 Å². The molecule has 0 radical (unpaired) electrons. The van der Waals surface area contributed by atoms with Crippen LogP contribution in [0.5, 0.6) is 0 Å². The van der Waals surface area contributed by atoms with Crippen molar-refractivity contribution in [3.63, 3.8) is 0 Å². The van der Waals surface area contributed by atoms with E-state index in [1.807, 2.05) is 30.3 Å². The highest BCUT2D eigenvalue weighted by Gasteiger charge is 2.31. The minimum Gasteiger partial charge on any atom is -0.342 e. The maximum Gasteiger partial charge on any atom is 0.231 e. The van der Waals surface area contributed by atoms with Crippen molar-refractivity contribution in [1.29, 1.82) is 0 Å². The van der Waals surface area contributed by atoms with E-state index >= 15 is 0 Å². The number of aromatic nitrogens is 2. The van der Waals surface area contributed by atoms with E-state index in [4.69, 9.17) is 4.52 Å². The molecule has 0 unspecified atom stereocenters. The van der Waals surface area contributed by atoms with E-state index in [-0.39, 0.29) is 24.1 Å². The lowest BCUT2D eigenvalue weighted by molar-refractivity contribution is -0.129. The molecule has 1 aliphatic rings. The number of carbonyl (C=O) groups excluding carboxylic acids is 1. The van der Waals surface area contributed by atoms with Crippen molar-refractivity contribution in [2.45, 2.75) is 18.8 Å². The van der Waals surface area contributed by atoms with Crippen LogP contribution < -0.4 is 0 Å². The van der Waals surface area contributed by atoms with Gasteiger partial charge in [0.1, 0.15) is 5.82 Å². The Balaban J connectivity index is 1.41. The number of hydrogen-bond donors (Lipinski definition) is 0. The van der Waals surface area contributed by atoms with Gasteiger partial charge in [-0.05, 0) is 24.1 Å². The van der Waals surface area contributed by atoms with Gasteiger partial charge in [-0.2, -0.15) is 4.98 Å². The van der Waals surface area contributed by atoms with Crippen molar-refractivity contribution >= 4 is 5.91 Å². The second kappa shape index (κ2) is 7.07. The van der Waals surface area contributed by atoms with Gasteiger partial charge in [0.2, 0.25) is 17.6 Å². The fourth-order valence-electron chi connectivity index (χ4n) is 3.23. The van der Waals surface area contributed by atoms with E-state index < -0.39 is 0 Å². The molecule has 0 N–H and O–H groups in total. The summed E-state index contributed by atoms with van der Waals surface area (Å²) in [6.45, 7) is 1.19. The van der Waals surface area contributed by atoms with E-state index in [0.717, 1.165) is 12.0 Å². The molecule has 6 heteroatoms. The molecule has 0 spiro atoms. The zero-order chi connectivity index (χ0) is 17.9.